The molecule has 0 aliphatic rings. The maximum absolute atomic E-state index is 6.10. The van der Waals surface area contributed by atoms with Crippen LogP contribution in [0.15, 0.2) is 46.9 Å². The van der Waals surface area contributed by atoms with Crippen LogP contribution in [0.2, 0.25) is 0 Å². The van der Waals surface area contributed by atoms with Crippen molar-refractivity contribution >= 4 is 15.9 Å². The molecule has 0 heterocycles. The van der Waals surface area contributed by atoms with E-state index in [9.17, 15) is 0 Å². The SMILES string of the molecule is CCOCCCNCc1c(Br)ccc(OC)c1OCc1ccccc1. The van der Waals surface area contributed by atoms with Crippen molar-refractivity contribution in [1.29, 1.82) is 0 Å². The molecule has 0 saturated carbocycles. The molecule has 5 heteroatoms. The van der Waals surface area contributed by atoms with Crippen molar-refractivity contribution in [2.45, 2.75) is 26.5 Å². The number of rotatable bonds is 11. The molecule has 0 amide bonds. The third-order valence-electron chi connectivity index (χ3n) is 3.76. The maximum atomic E-state index is 6.10. The van der Waals surface area contributed by atoms with E-state index < -0.39 is 0 Å². The van der Waals surface area contributed by atoms with Crippen LogP contribution < -0.4 is 14.8 Å². The van der Waals surface area contributed by atoms with Crippen molar-refractivity contribution in [3.8, 4) is 11.5 Å². The quantitative estimate of drug-likeness (QED) is 0.554. The van der Waals surface area contributed by atoms with Gasteiger partial charge in [0.25, 0.3) is 0 Å². The molecule has 0 unspecified atom stereocenters. The summed E-state index contributed by atoms with van der Waals surface area (Å²) in [6.45, 7) is 5.65. The van der Waals surface area contributed by atoms with Gasteiger partial charge in [0.05, 0.1) is 7.11 Å². The molecular weight excluding hydrogens is 382 g/mol. The van der Waals surface area contributed by atoms with Gasteiger partial charge >= 0.3 is 0 Å². The number of hydrogen-bond acceptors (Lipinski definition) is 4. The molecule has 0 aromatic heterocycles. The van der Waals surface area contributed by atoms with E-state index in [1.807, 2.05) is 37.3 Å². The van der Waals surface area contributed by atoms with Crippen molar-refractivity contribution in [1.82, 2.24) is 5.32 Å². The first kappa shape index (κ1) is 19.8. The third-order valence-corrected chi connectivity index (χ3v) is 4.50. The van der Waals surface area contributed by atoms with Crippen molar-refractivity contribution in [3.05, 3.63) is 58.1 Å². The zero-order valence-corrected chi connectivity index (χ0v) is 16.5. The molecule has 0 spiro atoms. The van der Waals surface area contributed by atoms with E-state index in [1.165, 1.54) is 0 Å². The normalized spacial score (nSPS) is 10.7. The molecule has 0 fully saturated rings. The number of ether oxygens (including phenoxy) is 3. The van der Waals surface area contributed by atoms with Gasteiger partial charge in [0, 0.05) is 29.8 Å². The minimum atomic E-state index is 0.505. The van der Waals surface area contributed by atoms with Crippen molar-refractivity contribution in [3.63, 3.8) is 0 Å². The van der Waals surface area contributed by atoms with E-state index in [0.29, 0.717) is 13.2 Å². The van der Waals surface area contributed by atoms with Crippen molar-refractivity contribution < 1.29 is 14.2 Å². The summed E-state index contributed by atoms with van der Waals surface area (Å²) in [4.78, 5) is 0. The Kier molecular flexibility index (Phi) is 8.80. The fourth-order valence-electron chi connectivity index (χ4n) is 2.45. The Morgan fingerprint density at radius 2 is 1.88 bits per heavy atom. The van der Waals surface area contributed by atoms with Crippen LogP contribution in [-0.4, -0.2) is 26.9 Å². The molecule has 2 aromatic rings. The van der Waals surface area contributed by atoms with Gasteiger partial charge in [-0.3, -0.25) is 0 Å². The first-order chi connectivity index (χ1) is 12.3. The Balaban J connectivity index is 2.03. The lowest BCUT2D eigenvalue weighted by Crippen LogP contribution is -2.17. The molecular formula is C20H26BrNO3. The Bertz CT molecular complexity index is 634. The molecule has 1 N–H and O–H groups in total. The molecule has 0 bridgehead atoms. The highest BCUT2D eigenvalue weighted by molar-refractivity contribution is 9.10. The van der Waals surface area contributed by atoms with E-state index in [1.54, 1.807) is 7.11 Å². The molecule has 0 aliphatic heterocycles. The summed E-state index contributed by atoms with van der Waals surface area (Å²) < 4.78 is 18.0. The first-order valence-corrected chi connectivity index (χ1v) is 9.36. The summed E-state index contributed by atoms with van der Waals surface area (Å²) in [5.74, 6) is 1.52. The van der Waals surface area contributed by atoms with E-state index in [2.05, 4.69) is 33.4 Å². The number of halogens is 1. The number of benzene rings is 2. The lowest BCUT2D eigenvalue weighted by Gasteiger charge is -2.17. The number of nitrogens with one attached hydrogen (secondary N) is 1. The lowest BCUT2D eigenvalue weighted by atomic mass is 10.1. The zero-order chi connectivity index (χ0) is 17.9. The van der Waals surface area contributed by atoms with Crippen LogP contribution >= 0.6 is 15.9 Å². The molecule has 4 nitrogen and oxygen atoms in total. The monoisotopic (exact) mass is 407 g/mol. The van der Waals surface area contributed by atoms with Gasteiger partial charge in [0.1, 0.15) is 6.61 Å². The first-order valence-electron chi connectivity index (χ1n) is 8.56. The second-order valence-corrected chi connectivity index (χ2v) is 6.41. The van der Waals surface area contributed by atoms with E-state index in [-0.39, 0.29) is 0 Å². The maximum Gasteiger partial charge on any atom is 0.167 e. The molecule has 0 radical (unpaired) electrons. The zero-order valence-electron chi connectivity index (χ0n) is 14.9. The predicted molar refractivity (Wildman–Crippen MR) is 104 cm³/mol. The second-order valence-electron chi connectivity index (χ2n) is 5.56. The van der Waals surface area contributed by atoms with Gasteiger partial charge in [-0.25, -0.2) is 0 Å². The summed E-state index contributed by atoms with van der Waals surface area (Å²) in [5, 5.41) is 3.45. The summed E-state index contributed by atoms with van der Waals surface area (Å²) in [7, 11) is 1.66. The van der Waals surface area contributed by atoms with Crippen molar-refractivity contribution in [2.24, 2.45) is 0 Å². The molecule has 2 rings (SSSR count). The standard InChI is InChI=1S/C20H26BrNO3/c1-3-24-13-7-12-22-14-17-18(21)10-11-19(23-2)20(17)25-15-16-8-5-4-6-9-16/h4-6,8-11,22H,3,7,12-15H2,1-2H3. The molecule has 2 aromatic carbocycles. The largest absolute Gasteiger partial charge is 0.493 e. The van der Waals surface area contributed by atoms with Crippen molar-refractivity contribution in [2.75, 3.05) is 26.9 Å². The van der Waals surface area contributed by atoms with E-state index in [4.69, 9.17) is 14.2 Å². The lowest BCUT2D eigenvalue weighted by molar-refractivity contribution is 0.144. The molecule has 136 valence electrons. The Morgan fingerprint density at radius 3 is 2.60 bits per heavy atom. The van der Waals surface area contributed by atoms with Crippen LogP contribution in [-0.2, 0) is 17.9 Å². The number of hydrogen-bond donors (Lipinski definition) is 1. The minimum absolute atomic E-state index is 0.505. The summed E-state index contributed by atoms with van der Waals surface area (Å²) >= 11 is 3.63. The average molecular weight is 408 g/mol. The van der Waals surface area contributed by atoms with Crippen LogP contribution in [0.3, 0.4) is 0 Å². The molecule has 0 aliphatic carbocycles. The highest BCUT2D eigenvalue weighted by atomic mass is 79.9. The van der Waals surface area contributed by atoms with Crippen LogP contribution in [0.5, 0.6) is 11.5 Å². The van der Waals surface area contributed by atoms with E-state index in [0.717, 1.165) is 53.3 Å². The van der Waals surface area contributed by atoms with Crippen LogP contribution in [0, 0.1) is 0 Å². The topological polar surface area (TPSA) is 39.7 Å². The molecule has 25 heavy (non-hydrogen) atoms. The Labute approximate surface area is 158 Å². The fourth-order valence-corrected chi connectivity index (χ4v) is 2.91. The van der Waals surface area contributed by atoms with Gasteiger partial charge < -0.3 is 19.5 Å². The van der Waals surface area contributed by atoms with Gasteiger partial charge in [-0.15, -0.1) is 0 Å². The summed E-state index contributed by atoms with van der Waals surface area (Å²) in [6, 6.07) is 14.0. The van der Waals surface area contributed by atoms with Crippen LogP contribution in [0.25, 0.3) is 0 Å². The van der Waals surface area contributed by atoms with Crippen LogP contribution in [0.1, 0.15) is 24.5 Å². The Morgan fingerprint density at radius 1 is 1.08 bits per heavy atom. The van der Waals surface area contributed by atoms with Gasteiger partial charge in [-0.2, -0.15) is 0 Å². The molecule has 0 atom stereocenters. The predicted octanol–water partition coefficient (Wildman–Crippen LogP) is 4.55. The molecule has 0 saturated heterocycles. The van der Waals surface area contributed by atoms with Gasteiger partial charge in [0.15, 0.2) is 11.5 Å². The summed E-state index contributed by atoms with van der Waals surface area (Å²) in [5.41, 5.74) is 2.19. The highest BCUT2D eigenvalue weighted by Crippen LogP contribution is 2.36. The van der Waals surface area contributed by atoms with Gasteiger partial charge in [-0.05, 0) is 37.6 Å². The minimum Gasteiger partial charge on any atom is -0.493 e. The number of methoxy groups -OCH3 is 1. The second kappa shape index (κ2) is 11.1. The third kappa shape index (κ3) is 6.34. The fraction of sp³-hybridized carbons (Fsp3) is 0.400. The van der Waals surface area contributed by atoms with Gasteiger partial charge in [0.2, 0.25) is 0 Å². The summed E-state index contributed by atoms with van der Waals surface area (Å²) in [6.07, 6.45) is 0.982. The van der Waals surface area contributed by atoms with Crippen LogP contribution in [0.4, 0.5) is 0 Å². The average Bonchev–Trinajstić information content (AvgIpc) is 2.65. The smallest absolute Gasteiger partial charge is 0.167 e. The van der Waals surface area contributed by atoms with E-state index >= 15 is 0 Å². The van der Waals surface area contributed by atoms with Gasteiger partial charge in [-0.1, -0.05) is 46.3 Å². The Hall–Kier alpha value is -1.56. The highest BCUT2D eigenvalue weighted by Gasteiger charge is 2.14.